The Balaban J connectivity index is 4.49. The van der Waals surface area contributed by atoms with Crippen LogP contribution in [0, 0.1) is 0 Å². The van der Waals surface area contributed by atoms with Crippen molar-refractivity contribution in [2.75, 3.05) is 13.1 Å². The highest BCUT2D eigenvalue weighted by Crippen LogP contribution is 2.15. The molecule has 0 rings (SSSR count). The first kappa shape index (κ1) is 14.3. The molecule has 0 aliphatic rings. The van der Waals surface area contributed by atoms with E-state index in [1.807, 2.05) is 0 Å². The highest BCUT2D eigenvalue weighted by molar-refractivity contribution is 5.90. The molecule has 0 aliphatic heterocycles. The van der Waals surface area contributed by atoms with Gasteiger partial charge in [0.1, 0.15) is 0 Å². The molecule has 8 heteroatoms. The number of rotatable bonds is 7. The van der Waals surface area contributed by atoms with Gasteiger partial charge in [0.05, 0.1) is 12.8 Å². The van der Waals surface area contributed by atoms with Gasteiger partial charge >= 0.3 is 11.9 Å². The van der Waals surface area contributed by atoms with E-state index < -0.39 is 36.3 Å². The number of carbonyl (C=O) groups excluding carboxylic acids is 1. The van der Waals surface area contributed by atoms with E-state index in [0.29, 0.717) is 0 Å². The summed E-state index contributed by atoms with van der Waals surface area (Å²) < 4.78 is 0. The zero-order valence-electron chi connectivity index (χ0n) is 8.47. The third-order valence-corrected chi connectivity index (χ3v) is 1.76. The fourth-order valence-corrected chi connectivity index (χ4v) is 1.00. The van der Waals surface area contributed by atoms with Crippen molar-refractivity contribution in [2.24, 2.45) is 5.73 Å². The Bertz CT molecular complexity index is 292. The summed E-state index contributed by atoms with van der Waals surface area (Å²) in [7, 11) is 0. The van der Waals surface area contributed by atoms with Crippen LogP contribution in [0.25, 0.3) is 0 Å². The maximum absolute atomic E-state index is 11.1. The first-order valence-electron chi connectivity index (χ1n) is 4.46. The molecular weight excluding hydrogens is 220 g/mol. The monoisotopic (exact) mass is 234 g/mol. The lowest BCUT2D eigenvalue weighted by atomic mass is 9.95. The van der Waals surface area contributed by atoms with Crippen LogP contribution in [0.15, 0.2) is 0 Å². The van der Waals surface area contributed by atoms with Gasteiger partial charge < -0.3 is 26.4 Å². The molecule has 0 radical (unpaired) electrons. The Morgan fingerprint density at radius 3 is 2.12 bits per heavy atom. The van der Waals surface area contributed by atoms with E-state index in [2.05, 4.69) is 5.32 Å². The predicted molar refractivity (Wildman–Crippen MR) is 51.5 cm³/mol. The number of hydrogen-bond donors (Lipinski definition) is 5. The van der Waals surface area contributed by atoms with Gasteiger partial charge in [0.25, 0.3) is 0 Å². The Labute approximate surface area is 91.1 Å². The molecule has 1 amide bonds. The van der Waals surface area contributed by atoms with Crippen LogP contribution in [0.4, 0.5) is 0 Å². The number of nitrogens with one attached hydrogen (secondary N) is 1. The molecule has 8 nitrogen and oxygen atoms in total. The van der Waals surface area contributed by atoms with Gasteiger partial charge in [-0.1, -0.05) is 0 Å². The largest absolute Gasteiger partial charge is 0.481 e. The van der Waals surface area contributed by atoms with Crippen molar-refractivity contribution >= 4 is 17.8 Å². The van der Waals surface area contributed by atoms with Crippen molar-refractivity contribution in [2.45, 2.75) is 18.4 Å². The summed E-state index contributed by atoms with van der Waals surface area (Å²) in [6.07, 6.45) is -1.87. The molecule has 0 unspecified atom stereocenters. The van der Waals surface area contributed by atoms with Gasteiger partial charge in [-0.25, -0.2) is 4.79 Å². The van der Waals surface area contributed by atoms with Crippen LogP contribution in [0.3, 0.4) is 0 Å². The second kappa shape index (κ2) is 6.03. The SMILES string of the molecule is NCCNC(=O)C[C@](O)(CC(=O)O)C(=O)O. The Morgan fingerprint density at radius 1 is 1.19 bits per heavy atom. The summed E-state index contributed by atoms with van der Waals surface area (Å²) in [6.45, 7) is 0.289. The molecule has 0 aromatic heterocycles. The maximum Gasteiger partial charge on any atom is 0.336 e. The summed E-state index contributed by atoms with van der Waals surface area (Å²) in [6, 6.07) is 0. The molecule has 0 aromatic rings. The van der Waals surface area contributed by atoms with Crippen molar-refractivity contribution in [3.63, 3.8) is 0 Å². The van der Waals surface area contributed by atoms with E-state index in [-0.39, 0.29) is 13.1 Å². The average Bonchev–Trinajstić information content (AvgIpc) is 2.12. The van der Waals surface area contributed by atoms with Crippen LogP contribution in [0.5, 0.6) is 0 Å². The fraction of sp³-hybridized carbons (Fsp3) is 0.625. The molecular formula is C8H14N2O6. The third kappa shape index (κ3) is 4.71. The molecule has 0 aliphatic carbocycles. The van der Waals surface area contributed by atoms with E-state index in [1.54, 1.807) is 0 Å². The first-order chi connectivity index (χ1) is 7.31. The second-order valence-electron chi connectivity index (χ2n) is 3.22. The van der Waals surface area contributed by atoms with E-state index in [9.17, 15) is 19.5 Å². The third-order valence-electron chi connectivity index (χ3n) is 1.76. The number of aliphatic carboxylic acids is 2. The topological polar surface area (TPSA) is 150 Å². The summed E-state index contributed by atoms with van der Waals surface area (Å²) in [5, 5.41) is 28.7. The van der Waals surface area contributed by atoms with E-state index in [0.717, 1.165) is 0 Å². The van der Waals surface area contributed by atoms with Crippen molar-refractivity contribution in [3.8, 4) is 0 Å². The lowest BCUT2D eigenvalue weighted by Gasteiger charge is -2.20. The first-order valence-corrected chi connectivity index (χ1v) is 4.46. The normalized spacial score (nSPS) is 13.9. The molecule has 0 bridgehead atoms. The van der Waals surface area contributed by atoms with Crippen molar-refractivity contribution < 1.29 is 29.7 Å². The minimum atomic E-state index is -2.59. The molecule has 0 aromatic carbocycles. The quantitative estimate of drug-likeness (QED) is 0.333. The van der Waals surface area contributed by atoms with Crippen molar-refractivity contribution in [1.29, 1.82) is 0 Å². The second-order valence-corrected chi connectivity index (χ2v) is 3.22. The molecule has 0 fully saturated rings. The minimum Gasteiger partial charge on any atom is -0.481 e. The minimum absolute atomic E-state index is 0.127. The molecule has 16 heavy (non-hydrogen) atoms. The average molecular weight is 234 g/mol. The zero-order chi connectivity index (χ0) is 12.8. The van der Waals surface area contributed by atoms with E-state index >= 15 is 0 Å². The summed E-state index contributed by atoms with van der Waals surface area (Å²) >= 11 is 0. The Hall–Kier alpha value is -1.67. The van der Waals surface area contributed by atoms with Crippen LogP contribution in [-0.4, -0.2) is 51.9 Å². The van der Waals surface area contributed by atoms with E-state index in [1.165, 1.54) is 0 Å². The summed E-state index contributed by atoms with van der Waals surface area (Å²) in [5.41, 5.74) is 2.50. The van der Waals surface area contributed by atoms with Gasteiger partial charge in [0, 0.05) is 13.1 Å². The molecule has 0 heterocycles. The number of amides is 1. The summed E-state index contributed by atoms with van der Waals surface area (Å²) in [5.74, 6) is -4.02. The molecule has 0 spiro atoms. The predicted octanol–water partition coefficient (Wildman–Crippen LogP) is -2.26. The van der Waals surface area contributed by atoms with Crippen LogP contribution in [0.2, 0.25) is 0 Å². The van der Waals surface area contributed by atoms with Gasteiger partial charge in [-0.3, -0.25) is 9.59 Å². The maximum atomic E-state index is 11.1. The van der Waals surface area contributed by atoms with Crippen LogP contribution in [-0.2, 0) is 14.4 Å². The molecule has 92 valence electrons. The molecule has 0 saturated heterocycles. The van der Waals surface area contributed by atoms with Crippen molar-refractivity contribution in [3.05, 3.63) is 0 Å². The zero-order valence-corrected chi connectivity index (χ0v) is 8.47. The highest BCUT2D eigenvalue weighted by Gasteiger charge is 2.40. The van der Waals surface area contributed by atoms with Gasteiger partial charge in [0.2, 0.25) is 5.91 Å². The fourth-order valence-electron chi connectivity index (χ4n) is 1.00. The number of carbonyl (C=O) groups is 3. The molecule has 1 atom stereocenters. The van der Waals surface area contributed by atoms with Gasteiger partial charge in [-0.05, 0) is 0 Å². The van der Waals surface area contributed by atoms with Crippen LogP contribution >= 0.6 is 0 Å². The number of nitrogens with two attached hydrogens (primary N) is 1. The smallest absolute Gasteiger partial charge is 0.336 e. The van der Waals surface area contributed by atoms with Crippen LogP contribution in [0.1, 0.15) is 12.8 Å². The van der Waals surface area contributed by atoms with Gasteiger partial charge in [0.15, 0.2) is 5.60 Å². The Morgan fingerprint density at radius 2 is 1.75 bits per heavy atom. The molecule has 0 saturated carbocycles. The number of hydrogen-bond acceptors (Lipinski definition) is 5. The Kier molecular flexibility index (Phi) is 5.40. The number of aliphatic hydroxyl groups is 1. The van der Waals surface area contributed by atoms with Crippen LogP contribution < -0.4 is 11.1 Å². The van der Waals surface area contributed by atoms with E-state index in [4.69, 9.17) is 15.9 Å². The summed E-state index contributed by atoms with van der Waals surface area (Å²) in [4.78, 5) is 32.1. The van der Waals surface area contributed by atoms with Gasteiger partial charge in [-0.15, -0.1) is 0 Å². The van der Waals surface area contributed by atoms with Gasteiger partial charge in [-0.2, -0.15) is 0 Å². The number of carboxylic acids is 2. The molecule has 6 N–H and O–H groups in total. The lowest BCUT2D eigenvalue weighted by molar-refractivity contribution is -0.167. The number of carboxylic acid groups (broad SMARTS) is 2. The standard InChI is InChI=1S/C8H14N2O6/c9-1-2-10-5(11)3-8(16,7(14)15)4-6(12)13/h16H,1-4,9H2,(H,10,11)(H,12,13)(H,14,15)/t8-/m0/s1. The van der Waals surface area contributed by atoms with Crippen molar-refractivity contribution in [1.82, 2.24) is 5.32 Å². The highest BCUT2D eigenvalue weighted by atomic mass is 16.4. The lowest BCUT2D eigenvalue weighted by Crippen LogP contribution is -2.45.